The van der Waals surface area contributed by atoms with E-state index >= 15 is 0 Å². The van der Waals surface area contributed by atoms with Crippen LogP contribution in [0.15, 0.2) is 24.3 Å². The fourth-order valence-corrected chi connectivity index (χ4v) is 2.99. The molecule has 1 aliphatic heterocycles. The molecular weight excluding hydrogens is 243 g/mol. The van der Waals surface area contributed by atoms with Crippen molar-refractivity contribution in [2.75, 3.05) is 0 Å². The normalized spacial score (nSPS) is 28.3. The third-order valence-corrected chi connectivity index (χ3v) is 4.19. The summed E-state index contributed by atoms with van der Waals surface area (Å²) < 4.78 is 13.2. The van der Waals surface area contributed by atoms with E-state index in [1.165, 1.54) is 6.07 Å². The molecule has 2 N–H and O–H groups in total. The summed E-state index contributed by atoms with van der Waals surface area (Å²) in [6.07, 6.45) is 1.80. The van der Waals surface area contributed by atoms with Gasteiger partial charge in [0.05, 0.1) is 5.92 Å². The Morgan fingerprint density at radius 2 is 2.16 bits per heavy atom. The molecule has 0 aromatic heterocycles. The Kier molecular flexibility index (Phi) is 4.20. The number of benzene rings is 1. The first-order valence-electron chi connectivity index (χ1n) is 6.78. The smallest absolute Gasteiger partial charge is 0.222 e. The summed E-state index contributed by atoms with van der Waals surface area (Å²) in [6.45, 7) is 4.83. The van der Waals surface area contributed by atoms with Crippen molar-refractivity contribution in [3.63, 3.8) is 0 Å². The lowest BCUT2D eigenvalue weighted by molar-refractivity contribution is -0.126. The van der Waals surface area contributed by atoms with Crippen LogP contribution < -0.4 is 5.73 Å². The lowest BCUT2D eigenvalue weighted by Crippen LogP contribution is -2.51. The molecule has 1 amide bonds. The topological polar surface area (TPSA) is 46.3 Å². The molecular formula is C15H21FN2O. The molecule has 0 radical (unpaired) electrons. The fraction of sp³-hybridized carbons (Fsp3) is 0.533. The van der Waals surface area contributed by atoms with Crippen LogP contribution in [0, 0.1) is 11.7 Å². The van der Waals surface area contributed by atoms with Crippen molar-refractivity contribution in [1.29, 1.82) is 0 Å². The Balaban J connectivity index is 2.14. The van der Waals surface area contributed by atoms with Gasteiger partial charge in [-0.25, -0.2) is 4.39 Å². The summed E-state index contributed by atoms with van der Waals surface area (Å²) in [5.74, 6) is -0.560. The minimum Gasteiger partial charge on any atom is -0.369 e. The highest BCUT2D eigenvalue weighted by Gasteiger charge is 2.35. The molecule has 1 aromatic carbocycles. The SMILES string of the molecule is CC1CCC(C(N)=O)C(C)N1Cc1cccc(F)c1. The Labute approximate surface area is 113 Å². The number of likely N-dealkylation sites (tertiary alicyclic amines) is 1. The molecule has 0 bridgehead atoms. The van der Waals surface area contributed by atoms with Gasteiger partial charge in [0.15, 0.2) is 0 Å². The second kappa shape index (κ2) is 5.70. The lowest BCUT2D eigenvalue weighted by atomic mass is 9.86. The van der Waals surface area contributed by atoms with Crippen LogP contribution in [0.25, 0.3) is 0 Å². The highest BCUT2D eigenvalue weighted by molar-refractivity contribution is 5.77. The molecule has 1 heterocycles. The molecule has 3 nitrogen and oxygen atoms in total. The van der Waals surface area contributed by atoms with E-state index in [9.17, 15) is 9.18 Å². The number of amides is 1. The monoisotopic (exact) mass is 264 g/mol. The standard InChI is InChI=1S/C15H21FN2O/c1-10-6-7-14(15(17)19)11(2)18(10)9-12-4-3-5-13(16)8-12/h3-5,8,10-11,14H,6-7,9H2,1-2H3,(H2,17,19). The van der Waals surface area contributed by atoms with Gasteiger partial charge in [0.2, 0.25) is 5.91 Å². The van der Waals surface area contributed by atoms with Crippen molar-refractivity contribution in [2.45, 2.75) is 45.3 Å². The second-order valence-electron chi connectivity index (χ2n) is 5.48. The van der Waals surface area contributed by atoms with Gasteiger partial charge in [-0.05, 0) is 44.4 Å². The first-order chi connectivity index (χ1) is 8.99. The Hall–Kier alpha value is -1.42. The number of nitrogens with zero attached hydrogens (tertiary/aromatic N) is 1. The molecule has 3 unspecified atom stereocenters. The van der Waals surface area contributed by atoms with Crippen LogP contribution >= 0.6 is 0 Å². The lowest BCUT2D eigenvalue weighted by Gasteiger charge is -2.42. The number of hydrogen-bond donors (Lipinski definition) is 1. The van der Waals surface area contributed by atoms with Crippen LogP contribution in [0.5, 0.6) is 0 Å². The van der Waals surface area contributed by atoms with Crippen molar-refractivity contribution in [3.8, 4) is 0 Å². The van der Waals surface area contributed by atoms with E-state index in [-0.39, 0.29) is 23.7 Å². The summed E-state index contributed by atoms with van der Waals surface area (Å²) in [5.41, 5.74) is 6.39. The zero-order valence-electron chi connectivity index (χ0n) is 11.5. The average molecular weight is 264 g/mol. The predicted molar refractivity (Wildman–Crippen MR) is 72.8 cm³/mol. The van der Waals surface area contributed by atoms with E-state index in [4.69, 9.17) is 5.73 Å². The molecule has 0 saturated carbocycles. The third kappa shape index (κ3) is 3.13. The number of rotatable bonds is 3. The molecule has 1 aromatic rings. The van der Waals surface area contributed by atoms with Crippen LogP contribution in [-0.4, -0.2) is 22.9 Å². The van der Waals surface area contributed by atoms with Crippen molar-refractivity contribution in [1.82, 2.24) is 4.90 Å². The van der Waals surface area contributed by atoms with Crippen LogP contribution in [0.2, 0.25) is 0 Å². The van der Waals surface area contributed by atoms with Crippen LogP contribution in [-0.2, 0) is 11.3 Å². The zero-order chi connectivity index (χ0) is 14.0. The van der Waals surface area contributed by atoms with Gasteiger partial charge in [-0.2, -0.15) is 0 Å². The molecule has 1 saturated heterocycles. The minimum atomic E-state index is -0.233. The predicted octanol–water partition coefficient (Wildman–Crippen LogP) is 2.30. The number of halogens is 1. The average Bonchev–Trinajstić information content (AvgIpc) is 2.34. The third-order valence-electron chi connectivity index (χ3n) is 4.19. The number of piperidine rings is 1. The molecule has 4 heteroatoms. The van der Waals surface area contributed by atoms with Gasteiger partial charge in [0, 0.05) is 18.6 Å². The molecule has 19 heavy (non-hydrogen) atoms. The molecule has 2 rings (SSSR count). The molecule has 1 fully saturated rings. The minimum absolute atomic E-state index is 0.101. The summed E-state index contributed by atoms with van der Waals surface area (Å²) in [7, 11) is 0. The molecule has 104 valence electrons. The largest absolute Gasteiger partial charge is 0.369 e. The van der Waals surface area contributed by atoms with Gasteiger partial charge in [0.25, 0.3) is 0 Å². The van der Waals surface area contributed by atoms with E-state index in [0.29, 0.717) is 12.6 Å². The summed E-state index contributed by atoms with van der Waals surface area (Å²) in [5, 5.41) is 0. The Bertz CT molecular complexity index is 463. The zero-order valence-corrected chi connectivity index (χ0v) is 11.5. The van der Waals surface area contributed by atoms with Crippen LogP contribution in [0.4, 0.5) is 4.39 Å². The van der Waals surface area contributed by atoms with E-state index < -0.39 is 0 Å². The number of carbonyl (C=O) groups excluding carboxylic acids is 1. The van der Waals surface area contributed by atoms with Gasteiger partial charge >= 0.3 is 0 Å². The number of hydrogen-bond acceptors (Lipinski definition) is 2. The van der Waals surface area contributed by atoms with Crippen LogP contribution in [0.3, 0.4) is 0 Å². The Morgan fingerprint density at radius 3 is 2.79 bits per heavy atom. The molecule has 0 aliphatic carbocycles. The number of primary amides is 1. The fourth-order valence-electron chi connectivity index (χ4n) is 2.99. The van der Waals surface area contributed by atoms with Gasteiger partial charge < -0.3 is 5.73 Å². The maximum Gasteiger partial charge on any atom is 0.222 e. The summed E-state index contributed by atoms with van der Waals surface area (Å²) in [4.78, 5) is 13.7. The first-order valence-corrected chi connectivity index (χ1v) is 6.78. The highest BCUT2D eigenvalue weighted by Crippen LogP contribution is 2.29. The second-order valence-corrected chi connectivity index (χ2v) is 5.48. The molecule has 3 atom stereocenters. The van der Waals surface area contributed by atoms with Crippen molar-refractivity contribution >= 4 is 5.91 Å². The first kappa shape index (κ1) is 14.0. The van der Waals surface area contributed by atoms with Crippen molar-refractivity contribution in [3.05, 3.63) is 35.6 Å². The highest BCUT2D eigenvalue weighted by atomic mass is 19.1. The van der Waals surface area contributed by atoms with Gasteiger partial charge in [-0.3, -0.25) is 9.69 Å². The van der Waals surface area contributed by atoms with Gasteiger partial charge in [-0.1, -0.05) is 12.1 Å². The van der Waals surface area contributed by atoms with E-state index in [1.807, 2.05) is 13.0 Å². The van der Waals surface area contributed by atoms with E-state index in [0.717, 1.165) is 18.4 Å². The van der Waals surface area contributed by atoms with E-state index in [1.54, 1.807) is 12.1 Å². The quantitative estimate of drug-likeness (QED) is 0.910. The number of nitrogens with two attached hydrogens (primary N) is 1. The maximum atomic E-state index is 13.2. The Morgan fingerprint density at radius 1 is 1.42 bits per heavy atom. The van der Waals surface area contributed by atoms with Crippen molar-refractivity contribution in [2.24, 2.45) is 11.7 Å². The number of carbonyl (C=O) groups is 1. The van der Waals surface area contributed by atoms with Crippen molar-refractivity contribution < 1.29 is 9.18 Å². The maximum absolute atomic E-state index is 13.2. The molecule has 1 aliphatic rings. The summed E-state index contributed by atoms with van der Waals surface area (Å²) >= 11 is 0. The van der Waals surface area contributed by atoms with Crippen LogP contribution in [0.1, 0.15) is 32.3 Å². The van der Waals surface area contributed by atoms with Gasteiger partial charge in [-0.15, -0.1) is 0 Å². The van der Waals surface area contributed by atoms with E-state index in [2.05, 4.69) is 11.8 Å². The summed E-state index contributed by atoms with van der Waals surface area (Å²) in [6, 6.07) is 7.11. The molecule has 0 spiro atoms. The van der Waals surface area contributed by atoms with Gasteiger partial charge in [0.1, 0.15) is 5.82 Å².